The Morgan fingerprint density at radius 3 is 2.73 bits per heavy atom. The van der Waals surface area contributed by atoms with Gasteiger partial charge in [-0.1, -0.05) is 12.1 Å². The SMILES string of the molecule is Cc1ccc([N+](=O)[O-])cc1NCC(=O)Nc1cccc(F)c1. The molecule has 0 heterocycles. The number of anilines is 2. The molecule has 0 atom stereocenters. The molecule has 0 fully saturated rings. The Hall–Kier alpha value is -2.96. The minimum atomic E-state index is -0.503. The first-order valence-corrected chi connectivity index (χ1v) is 6.50. The van der Waals surface area contributed by atoms with Crippen LogP contribution in [0.15, 0.2) is 42.5 Å². The Morgan fingerprint density at radius 2 is 2.05 bits per heavy atom. The minimum absolute atomic E-state index is 0.0568. The summed E-state index contributed by atoms with van der Waals surface area (Å²) in [6, 6.07) is 9.91. The van der Waals surface area contributed by atoms with Crippen LogP contribution in [0.2, 0.25) is 0 Å². The molecular weight excluding hydrogens is 289 g/mol. The molecule has 6 nitrogen and oxygen atoms in total. The second-order valence-corrected chi connectivity index (χ2v) is 4.67. The van der Waals surface area contributed by atoms with Gasteiger partial charge >= 0.3 is 0 Å². The highest BCUT2D eigenvalue weighted by Crippen LogP contribution is 2.21. The monoisotopic (exact) mass is 303 g/mol. The van der Waals surface area contributed by atoms with Crippen LogP contribution >= 0.6 is 0 Å². The van der Waals surface area contributed by atoms with E-state index >= 15 is 0 Å². The quantitative estimate of drug-likeness (QED) is 0.656. The molecule has 2 N–H and O–H groups in total. The highest BCUT2D eigenvalue weighted by molar-refractivity contribution is 5.93. The summed E-state index contributed by atoms with van der Waals surface area (Å²) in [5, 5.41) is 16.1. The Labute approximate surface area is 126 Å². The van der Waals surface area contributed by atoms with Crippen LogP contribution in [0.4, 0.5) is 21.5 Å². The molecule has 0 saturated carbocycles. The number of carbonyl (C=O) groups excluding carboxylic acids is 1. The summed E-state index contributed by atoms with van der Waals surface area (Å²) >= 11 is 0. The maximum atomic E-state index is 13.0. The summed E-state index contributed by atoms with van der Waals surface area (Å²) in [5.41, 5.74) is 1.58. The van der Waals surface area contributed by atoms with Crippen LogP contribution < -0.4 is 10.6 Å². The average molecular weight is 303 g/mol. The zero-order valence-electron chi connectivity index (χ0n) is 11.8. The summed E-state index contributed by atoms with van der Waals surface area (Å²) in [6.07, 6.45) is 0. The van der Waals surface area contributed by atoms with Crippen LogP contribution in [0.5, 0.6) is 0 Å². The number of aryl methyl sites for hydroxylation is 1. The smallest absolute Gasteiger partial charge is 0.271 e. The average Bonchev–Trinajstić information content (AvgIpc) is 2.46. The third kappa shape index (κ3) is 4.02. The Bertz CT molecular complexity index is 719. The molecule has 7 heteroatoms. The predicted molar refractivity (Wildman–Crippen MR) is 81.4 cm³/mol. The lowest BCUT2D eigenvalue weighted by molar-refractivity contribution is -0.384. The summed E-state index contributed by atoms with van der Waals surface area (Å²) in [4.78, 5) is 22.0. The fraction of sp³-hybridized carbons (Fsp3) is 0.133. The van der Waals surface area contributed by atoms with Crippen molar-refractivity contribution < 1.29 is 14.1 Å². The van der Waals surface area contributed by atoms with Gasteiger partial charge in [-0.2, -0.15) is 0 Å². The number of nitrogens with one attached hydrogen (secondary N) is 2. The second-order valence-electron chi connectivity index (χ2n) is 4.67. The van der Waals surface area contributed by atoms with E-state index in [1.165, 1.54) is 30.3 Å². The van der Waals surface area contributed by atoms with Gasteiger partial charge in [0.25, 0.3) is 5.69 Å². The lowest BCUT2D eigenvalue weighted by Crippen LogP contribution is -2.22. The maximum Gasteiger partial charge on any atom is 0.271 e. The van der Waals surface area contributed by atoms with Gasteiger partial charge < -0.3 is 10.6 Å². The van der Waals surface area contributed by atoms with Crippen molar-refractivity contribution in [2.45, 2.75) is 6.92 Å². The van der Waals surface area contributed by atoms with Gasteiger partial charge in [-0.3, -0.25) is 14.9 Å². The molecule has 0 aliphatic heterocycles. The number of amides is 1. The highest BCUT2D eigenvalue weighted by Gasteiger charge is 2.10. The number of nitro benzene ring substituents is 1. The van der Waals surface area contributed by atoms with Crippen molar-refractivity contribution in [2.24, 2.45) is 0 Å². The van der Waals surface area contributed by atoms with E-state index in [1.54, 1.807) is 19.1 Å². The predicted octanol–water partition coefficient (Wildman–Crippen LogP) is 3.09. The van der Waals surface area contributed by atoms with Crippen LogP contribution in [-0.4, -0.2) is 17.4 Å². The van der Waals surface area contributed by atoms with E-state index in [1.807, 2.05) is 0 Å². The Morgan fingerprint density at radius 1 is 1.27 bits per heavy atom. The van der Waals surface area contributed by atoms with Crippen LogP contribution in [-0.2, 0) is 4.79 Å². The first-order chi connectivity index (χ1) is 10.5. The molecule has 0 aliphatic carbocycles. The molecule has 2 aromatic rings. The molecule has 0 saturated heterocycles. The molecule has 0 aromatic heterocycles. The van der Waals surface area contributed by atoms with Crippen LogP contribution in [0, 0.1) is 22.9 Å². The van der Waals surface area contributed by atoms with Crippen molar-refractivity contribution in [3.63, 3.8) is 0 Å². The van der Waals surface area contributed by atoms with Gasteiger partial charge in [0.2, 0.25) is 5.91 Å². The Kier molecular flexibility index (Phi) is 4.67. The zero-order chi connectivity index (χ0) is 16.1. The van der Waals surface area contributed by atoms with Crippen molar-refractivity contribution >= 4 is 23.0 Å². The fourth-order valence-electron chi connectivity index (χ4n) is 1.86. The standard InChI is InChI=1S/C15H14FN3O3/c1-10-5-6-13(19(21)22)8-14(10)17-9-15(20)18-12-4-2-3-11(16)7-12/h2-8,17H,9H2,1H3,(H,18,20). The number of nitrogens with zero attached hydrogens (tertiary/aromatic N) is 1. The summed E-state index contributed by atoms with van der Waals surface area (Å²) in [7, 11) is 0. The van der Waals surface area contributed by atoms with Crippen molar-refractivity contribution in [1.29, 1.82) is 0 Å². The number of halogens is 1. The zero-order valence-corrected chi connectivity index (χ0v) is 11.8. The van der Waals surface area contributed by atoms with E-state index in [0.717, 1.165) is 5.56 Å². The minimum Gasteiger partial charge on any atom is -0.376 e. The molecule has 2 aromatic carbocycles. The lowest BCUT2D eigenvalue weighted by Gasteiger charge is -2.10. The lowest BCUT2D eigenvalue weighted by atomic mass is 10.2. The molecule has 114 valence electrons. The number of carbonyl (C=O) groups is 1. The van der Waals surface area contributed by atoms with Gasteiger partial charge in [0, 0.05) is 23.5 Å². The molecule has 0 bridgehead atoms. The van der Waals surface area contributed by atoms with Crippen molar-refractivity contribution in [1.82, 2.24) is 0 Å². The van der Waals surface area contributed by atoms with E-state index in [2.05, 4.69) is 10.6 Å². The number of rotatable bonds is 5. The molecule has 1 amide bonds. The Balaban J connectivity index is 1.99. The van der Waals surface area contributed by atoms with Crippen LogP contribution in [0.1, 0.15) is 5.56 Å². The van der Waals surface area contributed by atoms with E-state index in [9.17, 15) is 19.3 Å². The van der Waals surface area contributed by atoms with Crippen LogP contribution in [0.25, 0.3) is 0 Å². The van der Waals surface area contributed by atoms with Gasteiger partial charge in [-0.15, -0.1) is 0 Å². The van der Waals surface area contributed by atoms with Crippen LogP contribution in [0.3, 0.4) is 0 Å². The van der Waals surface area contributed by atoms with Gasteiger partial charge in [0.05, 0.1) is 11.5 Å². The molecule has 0 aliphatic rings. The largest absolute Gasteiger partial charge is 0.376 e. The van der Waals surface area contributed by atoms with Crippen molar-refractivity contribution in [3.05, 3.63) is 64.0 Å². The van der Waals surface area contributed by atoms with Crippen molar-refractivity contribution in [3.8, 4) is 0 Å². The van der Waals surface area contributed by atoms with Gasteiger partial charge in [-0.05, 0) is 30.7 Å². The topological polar surface area (TPSA) is 84.3 Å². The summed E-state index contributed by atoms with van der Waals surface area (Å²) in [5.74, 6) is -0.822. The maximum absolute atomic E-state index is 13.0. The van der Waals surface area contributed by atoms with Crippen molar-refractivity contribution in [2.75, 3.05) is 17.2 Å². The number of non-ortho nitro benzene ring substituents is 1. The first-order valence-electron chi connectivity index (χ1n) is 6.50. The molecule has 0 spiro atoms. The third-order valence-electron chi connectivity index (χ3n) is 2.98. The number of hydrogen-bond donors (Lipinski definition) is 2. The fourth-order valence-corrected chi connectivity index (χ4v) is 1.86. The molecule has 2 rings (SSSR count). The van der Waals surface area contributed by atoms with Gasteiger partial charge in [0.1, 0.15) is 5.82 Å². The second kappa shape index (κ2) is 6.66. The van der Waals surface area contributed by atoms with Gasteiger partial charge in [0.15, 0.2) is 0 Å². The van der Waals surface area contributed by atoms with E-state index < -0.39 is 10.7 Å². The summed E-state index contributed by atoms with van der Waals surface area (Å²) < 4.78 is 13.0. The first kappa shape index (κ1) is 15.4. The van der Waals surface area contributed by atoms with Gasteiger partial charge in [-0.25, -0.2) is 4.39 Å². The molecule has 0 unspecified atom stereocenters. The number of hydrogen-bond acceptors (Lipinski definition) is 4. The highest BCUT2D eigenvalue weighted by atomic mass is 19.1. The molecule has 22 heavy (non-hydrogen) atoms. The van der Waals surface area contributed by atoms with E-state index in [0.29, 0.717) is 11.4 Å². The third-order valence-corrected chi connectivity index (χ3v) is 2.98. The van der Waals surface area contributed by atoms with E-state index in [4.69, 9.17) is 0 Å². The normalized spacial score (nSPS) is 10.1. The molecule has 0 radical (unpaired) electrons. The summed E-state index contributed by atoms with van der Waals surface area (Å²) in [6.45, 7) is 1.69. The van der Waals surface area contributed by atoms with E-state index in [-0.39, 0.29) is 18.1 Å². The number of nitro groups is 1. The molecular formula is C15H14FN3O3. The number of benzene rings is 2.